The third-order valence-corrected chi connectivity index (χ3v) is 5.94. The summed E-state index contributed by atoms with van der Waals surface area (Å²) in [4.78, 5) is 30.8. The number of nitrogens with zero attached hydrogens (tertiary/aromatic N) is 1. The number of fused-ring (bicyclic) bond motifs is 3. The number of carbonyl (C=O) groups excluding carboxylic acids is 2. The lowest BCUT2D eigenvalue weighted by Crippen LogP contribution is -2.46. The van der Waals surface area contributed by atoms with Gasteiger partial charge in [-0.1, -0.05) is 24.3 Å². The third-order valence-electron chi connectivity index (χ3n) is 5.94. The summed E-state index contributed by atoms with van der Waals surface area (Å²) in [5, 5.41) is 11.9. The number of benzene rings is 2. The van der Waals surface area contributed by atoms with E-state index >= 15 is 0 Å². The fraction of sp³-hybridized carbons (Fsp3) is 0.444. The normalized spacial score (nSPS) is 21.1. The summed E-state index contributed by atoms with van der Waals surface area (Å²) in [5.41, 5.74) is 0.616. The zero-order chi connectivity index (χ0) is 25.1. The molecule has 0 aliphatic carbocycles. The zero-order valence-electron chi connectivity index (χ0n) is 20.4. The van der Waals surface area contributed by atoms with Gasteiger partial charge in [0.2, 0.25) is 5.90 Å². The highest BCUT2D eigenvalue weighted by molar-refractivity contribution is 6.01. The number of carbonyl (C=O) groups is 2. The molecular weight excluding hydrogens is 448 g/mol. The van der Waals surface area contributed by atoms with Crippen LogP contribution in [0.25, 0.3) is 0 Å². The van der Waals surface area contributed by atoms with Gasteiger partial charge in [-0.2, -0.15) is 0 Å². The molecule has 0 unspecified atom stereocenters. The quantitative estimate of drug-likeness (QED) is 0.443. The van der Waals surface area contributed by atoms with Crippen LogP contribution in [0.2, 0.25) is 0 Å². The van der Waals surface area contributed by atoms with Crippen molar-refractivity contribution in [3.63, 3.8) is 0 Å². The van der Waals surface area contributed by atoms with Gasteiger partial charge in [0.1, 0.15) is 11.4 Å². The zero-order valence-corrected chi connectivity index (χ0v) is 20.4. The van der Waals surface area contributed by atoms with Crippen LogP contribution in [0.1, 0.15) is 62.8 Å². The molecule has 2 aromatic rings. The first-order valence-corrected chi connectivity index (χ1v) is 11.9. The Morgan fingerprint density at radius 1 is 1.20 bits per heavy atom. The largest absolute Gasteiger partial charge is 0.494 e. The van der Waals surface area contributed by atoms with Crippen molar-refractivity contribution in [3.8, 4) is 5.75 Å². The van der Waals surface area contributed by atoms with Gasteiger partial charge in [-0.15, -0.1) is 0 Å². The Morgan fingerprint density at radius 2 is 1.94 bits per heavy atom. The maximum absolute atomic E-state index is 13.5. The summed E-state index contributed by atoms with van der Waals surface area (Å²) in [6.07, 6.45) is 0.0624. The SMILES string of the molecule is CC(C)(C)OC(=O)CC[C@@]12N=C(c3ccc(OCCCO)cc3)O[C@@H]1c1ccccc1CNC2=O. The van der Waals surface area contributed by atoms with E-state index in [2.05, 4.69) is 5.32 Å². The Balaban J connectivity index is 1.65. The third kappa shape index (κ3) is 5.48. The molecule has 1 amide bonds. The fourth-order valence-electron chi connectivity index (χ4n) is 4.31. The number of amides is 1. The van der Waals surface area contributed by atoms with Crippen molar-refractivity contribution in [3.05, 3.63) is 65.2 Å². The average Bonchev–Trinajstić information content (AvgIpc) is 3.17. The second kappa shape index (κ2) is 10.1. The summed E-state index contributed by atoms with van der Waals surface area (Å²) >= 11 is 0. The van der Waals surface area contributed by atoms with E-state index in [1.165, 1.54) is 0 Å². The van der Waals surface area contributed by atoms with Crippen molar-refractivity contribution in [1.82, 2.24) is 5.32 Å². The van der Waals surface area contributed by atoms with Crippen molar-refractivity contribution >= 4 is 17.8 Å². The maximum atomic E-state index is 13.5. The Bertz CT molecular complexity index is 1110. The Kier molecular flexibility index (Phi) is 7.12. The van der Waals surface area contributed by atoms with Crippen LogP contribution >= 0.6 is 0 Å². The fourth-order valence-corrected chi connectivity index (χ4v) is 4.31. The second-order valence-electron chi connectivity index (χ2n) is 9.76. The minimum atomic E-state index is -1.30. The smallest absolute Gasteiger partial charge is 0.306 e. The highest BCUT2D eigenvalue weighted by Gasteiger charge is 2.54. The van der Waals surface area contributed by atoms with Crippen LogP contribution in [-0.2, 0) is 25.6 Å². The standard InChI is InChI=1S/C27H32N2O6/c1-26(2,3)35-22(31)13-14-27-23(21-8-5-4-7-19(21)17-28-25(27)32)34-24(29-27)18-9-11-20(12-10-18)33-16-6-15-30/h4-5,7-12,23,30H,6,13-17H2,1-3H3,(H,28,32)/t23-,27-/m1/s1. The van der Waals surface area contributed by atoms with Gasteiger partial charge in [0, 0.05) is 37.1 Å². The first kappa shape index (κ1) is 24.7. The Hall–Kier alpha value is -3.39. The molecule has 0 saturated heterocycles. The van der Waals surface area contributed by atoms with Crippen LogP contribution < -0.4 is 10.1 Å². The molecule has 4 rings (SSSR count). The van der Waals surface area contributed by atoms with E-state index in [1.807, 2.05) is 57.2 Å². The van der Waals surface area contributed by atoms with Crippen LogP contribution in [0.3, 0.4) is 0 Å². The lowest BCUT2D eigenvalue weighted by Gasteiger charge is -2.29. The molecule has 2 aromatic carbocycles. The first-order valence-electron chi connectivity index (χ1n) is 11.9. The van der Waals surface area contributed by atoms with Gasteiger partial charge in [-0.25, -0.2) is 4.99 Å². The maximum Gasteiger partial charge on any atom is 0.306 e. The van der Waals surface area contributed by atoms with Gasteiger partial charge >= 0.3 is 5.97 Å². The minimum absolute atomic E-state index is 0.0289. The molecule has 0 spiro atoms. The number of aliphatic imine (C=N–C) groups is 1. The summed E-state index contributed by atoms with van der Waals surface area (Å²) in [5.74, 6) is 0.343. The van der Waals surface area contributed by atoms with E-state index in [0.29, 0.717) is 36.8 Å². The van der Waals surface area contributed by atoms with E-state index in [0.717, 1.165) is 11.1 Å². The molecule has 0 radical (unpaired) electrons. The van der Waals surface area contributed by atoms with Crippen molar-refractivity contribution in [2.24, 2.45) is 4.99 Å². The number of nitrogens with one attached hydrogen (secondary N) is 1. The van der Waals surface area contributed by atoms with Crippen LogP contribution in [0.4, 0.5) is 0 Å². The molecule has 0 fully saturated rings. The second-order valence-corrected chi connectivity index (χ2v) is 9.76. The van der Waals surface area contributed by atoms with E-state index in [-0.39, 0.29) is 31.3 Å². The number of ether oxygens (including phenoxy) is 3. The minimum Gasteiger partial charge on any atom is -0.494 e. The van der Waals surface area contributed by atoms with Gasteiger partial charge in [0.05, 0.1) is 6.61 Å². The van der Waals surface area contributed by atoms with Gasteiger partial charge in [-0.05, 0) is 57.0 Å². The molecule has 8 nitrogen and oxygen atoms in total. The van der Waals surface area contributed by atoms with Crippen molar-refractivity contribution in [1.29, 1.82) is 0 Å². The molecule has 2 heterocycles. The molecular formula is C27H32N2O6. The van der Waals surface area contributed by atoms with Crippen molar-refractivity contribution < 1.29 is 28.9 Å². The number of hydrogen-bond acceptors (Lipinski definition) is 7. The van der Waals surface area contributed by atoms with Crippen LogP contribution in [0.15, 0.2) is 53.5 Å². The first-order chi connectivity index (χ1) is 16.7. The van der Waals surface area contributed by atoms with Crippen LogP contribution in [-0.4, -0.2) is 47.2 Å². The van der Waals surface area contributed by atoms with E-state index in [9.17, 15) is 9.59 Å². The topological polar surface area (TPSA) is 106 Å². The number of aliphatic hydroxyl groups is 1. The molecule has 35 heavy (non-hydrogen) atoms. The highest BCUT2D eigenvalue weighted by Crippen LogP contribution is 2.45. The summed E-state index contributed by atoms with van der Waals surface area (Å²) in [7, 11) is 0. The predicted molar refractivity (Wildman–Crippen MR) is 130 cm³/mol. The monoisotopic (exact) mass is 480 g/mol. The summed E-state index contributed by atoms with van der Waals surface area (Å²) in [6.45, 7) is 6.29. The summed E-state index contributed by atoms with van der Waals surface area (Å²) < 4.78 is 17.5. The summed E-state index contributed by atoms with van der Waals surface area (Å²) in [6, 6.07) is 15.0. The van der Waals surface area contributed by atoms with Crippen molar-refractivity contribution in [2.75, 3.05) is 13.2 Å². The number of esters is 1. The van der Waals surface area contributed by atoms with Crippen LogP contribution in [0, 0.1) is 0 Å². The lowest BCUT2D eigenvalue weighted by atomic mass is 9.83. The number of aliphatic hydroxyl groups excluding tert-OH is 1. The van der Waals surface area contributed by atoms with E-state index in [4.69, 9.17) is 24.3 Å². The van der Waals surface area contributed by atoms with Gasteiger partial charge < -0.3 is 24.6 Å². The molecule has 186 valence electrons. The Morgan fingerprint density at radius 3 is 2.66 bits per heavy atom. The highest BCUT2D eigenvalue weighted by atomic mass is 16.6. The number of rotatable bonds is 8. The van der Waals surface area contributed by atoms with E-state index < -0.39 is 17.2 Å². The molecule has 2 N–H and O–H groups in total. The lowest BCUT2D eigenvalue weighted by molar-refractivity contribution is -0.155. The number of hydrogen-bond donors (Lipinski definition) is 2. The van der Waals surface area contributed by atoms with Gasteiger partial charge in [0.15, 0.2) is 11.6 Å². The average molecular weight is 481 g/mol. The van der Waals surface area contributed by atoms with E-state index in [1.54, 1.807) is 12.1 Å². The molecule has 2 aliphatic heterocycles. The molecule has 0 aromatic heterocycles. The molecule has 2 atom stereocenters. The molecule has 2 aliphatic rings. The van der Waals surface area contributed by atoms with Crippen LogP contribution in [0.5, 0.6) is 5.75 Å². The molecule has 0 saturated carbocycles. The predicted octanol–water partition coefficient (Wildman–Crippen LogP) is 3.46. The Labute approximate surface area is 205 Å². The molecule has 0 bridgehead atoms. The molecule has 8 heteroatoms. The van der Waals surface area contributed by atoms with Gasteiger partial charge in [-0.3, -0.25) is 9.59 Å². The van der Waals surface area contributed by atoms with Crippen molar-refractivity contribution in [2.45, 2.75) is 63.8 Å². The van der Waals surface area contributed by atoms with Gasteiger partial charge in [0.25, 0.3) is 5.91 Å².